The van der Waals surface area contributed by atoms with Crippen LogP contribution < -0.4 is 20.9 Å². The molecule has 0 fully saturated rings. The van der Waals surface area contributed by atoms with Crippen LogP contribution in [0.4, 0.5) is 23.7 Å². The fraction of sp³-hybridized carbons (Fsp3) is 0.296. The molecule has 2 aromatic carbocycles. The van der Waals surface area contributed by atoms with Crippen molar-refractivity contribution >= 4 is 17.7 Å². The Morgan fingerprint density at radius 3 is 2.46 bits per heavy atom. The second-order valence-electron chi connectivity index (χ2n) is 8.78. The molecule has 0 aliphatic carbocycles. The van der Waals surface area contributed by atoms with Crippen LogP contribution in [-0.2, 0) is 16.6 Å². The fourth-order valence-electron chi connectivity index (χ4n) is 3.92. The molecule has 39 heavy (non-hydrogen) atoms. The van der Waals surface area contributed by atoms with Crippen molar-refractivity contribution in [2.45, 2.75) is 39.6 Å². The number of amides is 2. The normalized spacial score (nSPS) is 12.0. The number of halogens is 3. The summed E-state index contributed by atoms with van der Waals surface area (Å²) < 4.78 is 48.5. The Balaban J connectivity index is 1.95. The number of hydrogen-bond donors (Lipinski definition) is 3. The van der Waals surface area contributed by atoms with E-state index in [1.807, 2.05) is 0 Å². The second-order valence-corrected chi connectivity index (χ2v) is 8.78. The Bertz CT molecular complexity index is 1440. The molecule has 0 aliphatic heterocycles. The SMILES string of the molecule is CCOC(=O)CC(NC(=O)Nc1c(O)cc(C)n(C)c1=O)c1cc(C)cc(-c2cccc(OC(F)(F)F)c2)c1. The van der Waals surface area contributed by atoms with Gasteiger partial charge in [-0.15, -0.1) is 13.2 Å². The number of anilines is 1. The van der Waals surface area contributed by atoms with Gasteiger partial charge in [-0.3, -0.25) is 9.59 Å². The summed E-state index contributed by atoms with van der Waals surface area (Å²) in [5, 5.41) is 15.2. The number of hydrogen-bond acceptors (Lipinski definition) is 6. The molecule has 3 aromatic rings. The van der Waals surface area contributed by atoms with Crippen molar-refractivity contribution in [1.82, 2.24) is 9.88 Å². The Morgan fingerprint density at radius 2 is 1.79 bits per heavy atom. The second kappa shape index (κ2) is 11.9. The minimum Gasteiger partial charge on any atom is -0.505 e. The van der Waals surface area contributed by atoms with Crippen molar-refractivity contribution in [3.05, 3.63) is 75.7 Å². The first kappa shape index (κ1) is 29.1. The van der Waals surface area contributed by atoms with E-state index in [4.69, 9.17) is 4.74 Å². The average Bonchev–Trinajstić information content (AvgIpc) is 2.84. The highest BCUT2D eigenvalue weighted by atomic mass is 19.4. The van der Waals surface area contributed by atoms with Gasteiger partial charge in [0, 0.05) is 18.8 Å². The summed E-state index contributed by atoms with van der Waals surface area (Å²) in [6, 6.07) is 9.95. The summed E-state index contributed by atoms with van der Waals surface area (Å²) in [5.41, 5.74) is 1.57. The third kappa shape index (κ3) is 7.76. The predicted octanol–water partition coefficient (Wildman–Crippen LogP) is 5.09. The molecule has 1 atom stereocenters. The molecule has 12 heteroatoms. The molecule has 1 heterocycles. The number of aryl methyl sites for hydroxylation is 2. The zero-order valence-corrected chi connectivity index (χ0v) is 21.7. The number of pyridine rings is 1. The number of aromatic hydroxyl groups is 1. The minimum atomic E-state index is -4.86. The van der Waals surface area contributed by atoms with Gasteiger partial charge in [-0.1, -0.05) is 29.8 Å². The fourth-order valence-corrected chi connectivity index (χ4v) is 3.92. The molecule has 9 nitrogen and oxygen atoms in total. The van der Waals surface area contributed by atoms with E-state index in [1.165, 1.54) is 35.9 Å². The molecule has 1 aromatic heterocycles. The van der Waals surface area contributed by atoms with Gasteiger partial charge in [0.25, 0.3) is 5.56 Å². The number of nitrogens with one attached hydrogen (secondary N) is 2. The summed E-state index contributed by atoms with van der Waals surface area (Å²) >= 11 is 0. The molecule has 208 valence electrons. The summed E-state index contributed by atoms with van der Waals surface area (Å²) in [4.78, 5) is 37.8. The summed E-state index contributed by atoms with van der Waals surface area (Å²) in [6.45, 7) is 5.10. The van der Waals surface area contributed by atoms with Gasteiger partial charge in [0.05, 0.1) is 19.1 Å². The lowest BCUT2D eigenvalue weighted by atomic mass is 9.95. The van der Waals surface area contributed by atoms with Crippen molar-refractivity contribution < 1.29 is 37.3 Å². The lowest BCUT2D eigenvalue weighted by Crippen LogP contribution is -2.36. The lowest BCUT2D eigenvalue weighted by molar-refractivity contribution is -0.274. The largest absolute Gasteiger partial charge is 0.573 e. The Hall–Kier alpha value is -4.48. The van der Waals surface area contributed by atoms with E-state index in [9.17, 15) is 32.7 Å². The van der Waals surface area contributed by atoms with Crippen LogP contribution in [-0.4, -0.2) is 34.6 Å². The highest BCUT2D eigenvalue weighted by Gasteiger charge is 2.31. The standard InChI is InChI=1S/C27H28F3N3O6/c1-5-38-23(35)14-21(31-26(37)32-24-22(34)11-16(3)33(4)25(24)36)19-10-15(2)9-18(12-19)17-7-6-8-20(13-17)39-27(28,29)30/h6-13,21,34H,5,14H2,1-4H3,(H2,31,32,37). The molecule has 3 rings (SSSR count). The van der Waals surface area contributed by atoms with Gasteiger partial charge in [0.2, 0.25) is 0 Å². The molecule has 1 unspecified atom stereocenters. The zero-order valence-electron chi connectivity index (χ0n) is 21.7. The van der Waals surface area contributed by atoms with E-state index in [2.05, 4.69) is 15.4 Å². The van der Waals surface area contributed by atoms with Crippen molar-refractivity contribution in [2.24, 2.45) is 7.05 Å². The molecular formula is C27H28F3N3O6. The Kier molecular flexibility index (Phi) is 8.89. The van der Waals surface area contributed by atoms with Crippen LogP contribution in [0.15, 0.2) is 53.3 Å². The van der Waals surface area contributed by atoms with Gasteiger partial charge in [-0.2, -0.15) is 0 Å². The summed E-state index contributed by atoms with van der Waals surface area (Å²) in [7, 11) is 1.48. The quantitative estimate of drug-likeness (QED) is 0.338. The van der Waals surface area contributed by atoms with E-state index in [-0.39, 0.29) is 18.7 Å². The molecule has 0 saturated carbocycles. The number of benzene rings is 2. The Morgan fingerprint density at radius 1 is 1.08 bits per heavy atom. The third-order valence-corrected chi connectivity index (χ3v) is 5.77. The van der Waals surface area contributed by atoms with Crippen LogP contribution in [0.3, 0.4) is 0 Å². The lowest BCUT2D eigenvalue weighted by Gasteiger charge is -2.21. The number of ether oxygens (including phenoxy) is 2. The van der Waals surface area contributed by atoms with E-state index in [1.54, 1.807) is 45.0 Å². The number of urea groups is 1. The van der Waals surface area contributed by atoms with Gasteiger partial charge in [0.1, 0.15) is 11.5 Å². The van der Waals surface area contributed by atoms with Gasteiger partial charge < -0.3 is 29.8 Å². The first-order chi connectivity index (χ1) is 18.3. The van der Waals surface area contributed by atoms with Gasteiger partial charge in [-0.05, 0) is 55.7 Å². The monoisotopic (exact) mass is 547 g/mol. The van der Waals surface area contributed by atoms with Gasteiger partial charge in [-0.25, -0.2) is 4.79 Å². The number of aromatic nitrogens is 1. The first-order valence-electron chi connectivity index (χ1n) is 11.9. The number of rotatable bonds is 8. The maximum Gasteiger partial charge on any atom is 0.573 e. The van der Waals surface area contributed by atoms with Crippen molar-refractivity contribution in [1.29, 1.82) is 0 Å². The van der Waals surface area contributed by atoms with Crippen LogP contribution in [0.2, 0.25) is 0 Å². The molecule has 0 bridgehead atoms. The van der Waals surface area contributed by atoms with Crippen LogP contribution in [0.25, 0.3) is 11.1 Å². The van der Waals surface area contributed by atoms with Crippen molar-refractivity contribution in [3.8, 4) is 22.6 Å². The van der Waals surface area contributed by atoms with Crippen molar-refractivity contribution in [2.75, 3.05) is 11.9 Å². The maximum absolute atomic E-state index is 12.9. The number of alkyl halides is 3. The smallest absolute Gasteiger partial charge is 0.505 e. The summed E-state index contributed by atoms with van der Waals surface area (Å²) in [5.74, 6) is -1.44. The van der Waals surface area contributed by atoms with Crippen molar-refractivity contribution in [3.63, 3.8) is 0 Å². The molecule has 0 saturated heterocycles. The first-order valence-corrected chi connectivity index (χ1v) is 11.9. The summed E-state index contributed by atoms with van der Waals surface area (Å²) in [6.07, 6.45) is -5.13. The zero-order chi connectivity index (χ0) is 28.9. The number of esters is 1. The molecule has 3 N–H and O–H groups in total. The molecular weight excluding hydrogens is 519 g/mol. The molecule has 0 radical (unpaired) electrons. The van der Waals surface area contributed by atoms with Crippen LogP contribution >= 0.6 is 0 Å². The van der Waals surface area contributed by atoms with Gasteiger partial charge in [0.15, 0.2) is 5.69 Å². The highest BCUT2D eigenvalue weighted by Crippen LogP contribution is 2.31. The number of carbonyl (C=O) groups is 2. The molecule has 2 amide bonds. The molecule has 0 aliphatic rings. The van der Waals surface area contributed by atoms with E-state index in [0.717, 1.165) is 0 Å². The number of carbonyl (C=O) groups excluding carboxylic acids is 2. The van der Waals surface area contributed by atoms with Crippen LogP contribution in [0.5, 0.6) is 11.5 Å². The van der Waals surface area contributed by atoms with Gasteiger partial charge >= 0.3 is 18.4 Å². The Labute approximate surface area is 222 Å². The average molecular weight is 548 g/mol. The van der Waals surface area contributed by atoms with E-state index < -0.39 is 41.5 Å². The van der Waals surface area contributed by atoms with E-state index >= 15 is 0 Å². The third-order valence-electron chi connectivity index (χ3n) is 5.77. The molecule has 0 spiro atoms. The van der Waals surface area contributed by atoms with Crippen LogP contribution in [0, 0.1) is 13.8 Å². The predicted molar refractivity (Wildman–Crippen MR) is 138 cm³/mol. The number of nitrogens with zero attached hydrogens (tertiary/aromatic N) is 1. The topological polar surface area (TPSA) is 119 Å². The van der Waals surface area contributed by atoms with Crippen LogP contribution in [0.1, 0.15) is 36.2 Å². The van der Waals surface area contributed by atoms with E-state index in [0.29, 0.717) is 27.9 Å². The minimum absolute atomic E-state index is 0.107. The highest BCUT2D eigenvalue weighted by molar-refractivity contribution is 5.91. The maximum atomic E-state index is 12.9.